The zero-order valence-corrected chi connectivity index (χ0v) is 11.3. The first-order chi connectivity index (χ1) is 8.77. The van der Waals surface area contributed by atoms with Gasteiger partial charge in [-0.15, -0.1) is 0 Å². The van der Waals surface area contributed by atoms with E-state index >= 15 is 0 Å². The number of hydrogen-bond acceptors (Lipinski definition) is 3. The Morgan fingerprint density at radius 2 is 1.39 bits per heavy atom. The molecule has 0 aromatic rings. The van der Waals surface area contributed by atoms with Crippen LogP contribution in [0.5, 0.6) is 0 Å². The Morgan fingerprint density at radius 3 is 2.11 bits per heavy atom. The van der Waals surface area contributed by atoms with Gasteiger partial charge < -0.3 is 10.2 Å². The number of likely N-dealkylation sites (tertiary alicyclic amines) is 1. The maximum atomic E-state index is 10.3. The largest absolute Gasteiger partial charge is 0.393 e. The van der Waals surface area contributed by atoms with E-state index in [0.717, 1.165) is 25.8 Å². The van der Waals surface area contributed by atoms with Gasteiger partial charge in [-0.1, -0.05) is 19.3 Å². The van der Waals surface area contributed by atoms with Crippen LogP contribution < -0.4 is 0 Å². The zero-order valence-electron chi connectivity index (χ0n) is 11.3. The number of nitrogens with zero attached hydrogens (tertiary/aromatic N) is 1. The molecule has 2 N–H and O–H groups in total. The van der Waals surface area contributed by atoms with Gasteiger partial charge in [0.05, 0.1) is 12.2 Å². The highest BCUT2D eigenvalue weighted by Crippen LogP contribution is 2.38. The maximum Gasteiger partial charge on any atom is 0.0695 e. The molecule has 0 spiro atoms. The summed E-state index contributed by atoms with van der Waals surface area (Å²) in [5.74, 6) is 0.474. The standard InChI is InChI=1S/C15H27NO2/c17-14-9-3-5-11(14)12-7-4-10-16(12)13-6-1-2-8-15(13)18/h11-15,17-18H,1-10H2. The predicted octanol–water partition coefficient (Wildman–Crippen LogP) is 1.92. The second-order valence-electron chi connectivity index (χ2n) is 6.53. The van der Waals surface area contributed by atoms with Crippen molar-refractivity contribution in [1.82, 2.24) is 4.90 Å². The van der Waals surface area contributed by atoms with Gasteiger partial charge in [0.2, 0.25) is 0 Å². The fraction of sp³-hybridized carbons (Fsp3) is 1.00. The van der Waals surface area contributed by atoms with Crippen LogP contribution in [0.4, 0.5) is 0 Å². The fourth-order valence-electron chi connectivity index (χ4n) is 4.58. The van der Waals surface area contributed by atoms with E-state index in [2.05, 4.69) is 4.90 Å². The van der Waals surface area contributed by atoms with Gasteiger partial charge in [0.1, 0.15) is 0 Å². The second-order valence-corrected chi connectivity index (χ2v) is 6.53. The van der Waals surface area contributed by atoms with Crippen molar-refractivity contribution in [2.24, 2.45) is 5.92 Å². The van der Waals surface area contributed by atoms with E-state index in [1.807, 2.05) is 0 Å². The Morgan fingerprint density at radius 1 is 0.667 bits per heavy atom. The normalized spacial score (nSPS) is 46.7. The molecule has 104 valence electrons. The lowest BCUT2D eigenvalue weighted by molar-refractivity contribution is -0.0129. The molecule has 1 aliphatic heterocycles. The van der Waals surface area contributed by atoms with Gasteiger partial charge in [-0.2, -0.15) is 0 Å². The smallest absolute Gasteiger partial charge is 0.0695 e. The lowest BCUT2D eigenvalue weighted by Gasteiger charge is -2.41. The summed E-state index contributed by atoms with van der Waals surface area (Å²) in [5.41, 5.74) is 0. The summed E-state index contributed by atoms with van der Waals surface area (Å²) in [7, 11) is 0. The number of aliphatic hydroxyl groups excluding tert-OH is 2. The first-order valence-electron chi connectivity index (χ1n) is 7.89. The van der Waals surface area contributed by atoms with Crippen LogP contribution in [0.3, 0.4) is 0 Å². The highest BCUT2D eigenvalue weighted by molar-refractivity contribution is 4.96. The van der Waals surface area contributed by atoms with Gasteiger partial charge >= 0.3 is 0 Å². The molecular formula is C15H27NO2. The van der Waals surface area contributed by atoms with Crippen LogP contribution in [-0.4, -0.2) is 45.9 Å². The number of rotatable bonds is 2. The van der Waals surface area contributed by atoms with Gasteiger partial charge in [0.15, 0.2) is 0 Å². The van der Waals surface area contributed by atoms with E-state index in [1.165, 1.54) is 38.5 Å². The lowest BCUT2D eigenvalue weighted by atomic mass is 9.88. The average molecular weight is 253 g/mol. The van der Waals surface area contributed by atoms with Crippen LogP contribution in [-0.2, 0) is 0 Å². The van der Waals surface area contributed by atoms with E-state index in [4.69, 9.17) is 0 Å². The lowest BCUT2D eigenvalue weighted by Crippen LogP contribution is -2.50. The van der Waals surface area contributed by atoms with Crippen molar-refractivity contribution >= 4 is 0 Å². The second kappa shape index (κ2) is 5.48. The Bertz CT molecular complexity index is 284. The molecule has 3 fully saturated rings. The van der Waals surface area contributed by atoms with Crippen molar-refractivity contribution in [3.63, 3.8) is 0 Å². The molecule has 0 amide bonds. The highest BCUT2D eigenvalue weighted by atomic mass is 16.3. The van der Waals surface area contributed by atoms with Crippen LogP contribution in [0.1, 0.15) is 57.8 Å². The van der Waals surface area contributed by atoms with Crippen molar-refractivity contribution in [2.75, 3.05) is 6.54 Å². The summed E-state index contributed by atoms with van der Waals surface area (Å²) in [6.07, 6.45) is 10.2. The Kier molecular flexibility index (Phi) is 3.92. The van der Waals surface area contributed by atoms with Gasteiger partial charge in [0, 0.05) is 18.0 Å². The third kappa shape index (κ3) is 2.33. The minimum Gasteiger partial charge on any atom is -0.393 e. The van der Waals surface area contributed by atoms with Crippen LogP contribution in [0, 0.1) is 5.92 Å². The predicted molar refractivity (Wildman–Crippen MR) is 71.3 cm³/mol. The summed E-state index contributed by atoms with van der Waals surface area (Å²) in [6, 6.07) is 0.916. The maximum absolute atomic E-state index is 10.3. The summed E-state index contributed by atoms with van der Waals surface area (Å²) >= 11 is 0. The van der Waals surface area contributed by atoms with Crippen molar-refractivity contribution in [2.45, 2.75) is 82.1 Å². The number of aliphatic hydroxyl groups is 2. The van der Waals surface area contributed by atoms with Crippen molar-refractivity contribution in [3.05, 3.63) is 0 Å². The molecule has 0 radical (unpaired) electrons. The van der Waals surface area contributed by atoms with Crippen molar-refractivity contribution in [1.29, 1.82) is 0 Å². The van der Waals surface area contributed by atoms with Crippen LogP contribution in [0.2, 0.25) is 0 Å². The molecule has 0 bridgehead atoms. The zero-order chi connectivity index (χ0) is 12.5. The molecule has 1 heterocycles. The minimum absolute atomic E-state index is 0.0867. The summed E-state index contributed by atoms with van der Waals surface area (Å²) in [6.45, 7) is 1.13. The van der Waals surface area contributed by atoms with Crippen LogP contribution in [0.15, 0.2) is 0 Å². The van der Waals surface area contributed by atoms with E-state index in [9.17, 15) is 10.2 Å². The fourth-order valence-corrected chi connectivity index (χ4v) is 4.58. The van der Waals surface area contributed by atoms with Gasteiger partial charge in [0.25, 0.3) is 0 Å². The van der Waals surface area contributed by atoms with Gasteiger partial charge in [-0.05, 0) is 45.1 Å². The molecule has 3 aliphatic rings. The van der Waals surface area contributed by atoms with E-state index in [-0.39, 0.29) is 12.2 Å². The SMILES string of the molecule is OC1CCCC1C1CCCN1C1CCCCC1O. The molecule has 5 atom stereocenters. The highest BCUT2D eigenvalue weighted by Gasteiger charge is 2.42. The van der Waals surface area contributed by atoms with E-state index < -0.39 is 0 Å². The van der Waals surface area contributed by atoms with E-state index in [1.54, 1.807) is 0 Å². The van der Waals surface area contributed by atoms with Crippen molar-refractivity contribution < 1.29 is 10.2 Å². The van der Waals surface area contributed by atoms with E-state index in [0.29, 0.717) is 18.0 Å². The quantitative estimate of drug-likeness (QED) is 0.790. The molecule has 18 heavy (non-hydrogen) atoms. The monoisotopic (exact) mass is 253 g/mol. The minimum atomic E-state index is -0.127. The van der Waals surface area contributed by atoms with Gasteiger partial charge in [-0.3, -0.25) is 4.90 Å². The molecule has 0 aromatic heterocycles. The molecule has 3 heteroatoms. The molecular weight excluding hydrogens is 226 g/mol. The topological polar surface area (TPSA) is 43.7 Å². The third-order valence-electron chi connectivity index (χ3n) is 5.49. The van der Waals surface area contributed by atoms with Gasteiger partial charge in [-0.25, -0.2) is 0 Å². The molecule has 2 aliphatic carbocycles. The molecule has 1 saturated heterocycles. The average Bonchev–Trinajstić information content (AvgIpc) is 2.98. The molecule has 0 aromatic carbocycles. The summed E-state index contributed by atoms with van der Waals surface area (Å²) in [5, 5.41) is 20.4. The van der Waals surface area contributed by atoms with Crippen molar-refractivity contribution in [3.8, 4) is 0 Å². The Labute approximate surface area is 110 Å². The summed E-state index contributed by atoms with van der Waals surface area (Å²) < 4.78 is 0. The third-order valence-corrected chi connectivity index (χ3v) is 5.49. The Hall–Kier alpha value is -0.120. The molecule has 3 rings (SSSR count). The number of hydrogen-bond donors (Lipinski definition) is 2. The first kappa shape index (κ1) is 12.9. The first-order valence-corrected chi connectivity index (χ1v) is 7.89. The van der Waals surface area contributed by atoms with Crippen LogP contribution in [0.25, 0.3) is 0 Å². The Balaban J connectivity index is 1.70. The molecule has 5 unspecified atom stereocenters. The summed E-state index contributed by atoms with van der Waals surface area (Å²) in [4.78, 5) is 2.56. The molecule has 2 saturated carbocycles. The molecule has 3 nitrogen and oxygen atoms in total. The van der Waals surface area contributed by atoms with Crippen LogP contribution >= 0.6 is 0 Å².